The number of nitrogens with zero attached hydrogens (tertiary/aromatic N) is 2. The number of carbonyl (C=O) groups excluding carboxylic acids is 1. The zero-order valence-corrected chi connectivity index (χ0v) is 11.3. The number of benzene rings is 1. The van der Waals surface area contributed by atoms with E-state index >= 15 is 0 Å². The highest BCUT2D eigenvalue weighted by molar-refractivity contribution is 9.10. The van der Waals surface area contributed by atoms with Crippen molar-refractivity contribution in [3.8, 4) is 0 Å². The Hall–Kier alpha value is -1.69. The standard InChI is InChI=1S/C12H11BrN4O/c1-6-4-10(18)16-17-11(6)7-2-3-8-9(5-7)15-12(13)14-8/h2-3,5-6H,4H2,1H3,(H,14,15)(H,16,18). The first-order valence-electron chi connectivity index (χ1n) is 5.65. The van der Waals surface area contributed by atoms with Crippen LogP contribution in [0.15, 0.2) is 28.0 Å². The lowest BCUT2D eigenvalue weighted by molar-refractivity contribution is -0.121. The summed E-state index contributed by atoms with van der Waals surface area (Å²) >= 11 is 3.31. The Morgan fingerprint density at radius 2 is 2.28 bits per heavy atom. The Balaban J connectivity index is 2.06. The first-order valence-corrected chi connectivity index (χ1v) is 6.45. The molecule has 18 heavy (non-hydrogen) atoms. The molecule has 92 valence electrons. The highest BCUT2D eigenvalue weighted by atomic mass is 79.9. The second-order valence-electron chi connectivity index (χ2n) is 4.40. The van der Waals surface area contributed by atoms with Crippen LogP contribution in [-0.2, 0) is 4.79 Å². The molecule has 1 aromatic carbocycles. The van der Waals surface area contributed by atoms with Gasteiger partial charge in [0.05, 0.1) is 16.7 Å². The summed E-state index contributed by atoms with van der Waals surface area (Å²) in [4.78, 5) is 18.6. The van der Waals surface area contributed by atoms with Crippen LogP contribution in [0.25, 0.3) is 11.0 Å². The molecule has 0 aliphatic carbocycles. The number of amides is 1. The Bertz CT molecular complexity index is 661. The molecular formula is C12H11BrN4O. The molecule has 5 nitrogen and oxygen atoms in total. The van der Waals surface area contributed by atoms with Gasteiger partial charge in [0.15, 0.2) is 4.73 Å². The summed E-state index contributed by atoms with van der Waals surface area (Å²) in [5.41, 5.74) is 6.29. The molecule has 1 amide bonds. The summed E-state index contributed by atoms with van der Waals surface area (Å²) in [5, 5.41) is 4.15. The van der Waals surface area contributed by atoms with Crippen LogP contribution in [-0.4, -0.2) is 21.6 Å². The van der Waals surface area contributed by atoms with Crippen LogP contribution in [0, 0.1) is 5.92 Å². The molecule has 1 aliphatic heterocycles. The van der Waals surface area contributed by atoms with Crippen molar-refractivity contribution in [1.82, 2.24) is 15.4 Å². The van der Waals surface area contributed by atoms with Gasteiger partial charge in [-0.15, -0.1) is 0 Å². The van der Waals surface area contributed by atoms with Crippen LogP contribution in [0.5, 0.6) is 0 Å². The Morgan fingerprint density at radius 3 is 3.06 bits per heavy atom. The number of rotatable bonds is 1. The van der Waals surface area contributed by atoms with Gasteiger partial charge in [-0.2, -0.15) is 5.10 Å². The van der Waals surface area contributed by atoms with Crippen molar-refractivity contribution >= 4 is 38.6 Å². The third-order valence-electron chi connectivity index (χ3n) is 3.01. The van der Waals surface area contributed by atoms with Gasteiger partial charge in [0.2, 0.25) is 5.91 Å². The van der Waals surface area contributed by atoms with Crippen molar-refractivity contribution in [2.45, 2.75) is 13.3 Å². The van der Waals surface area contributed by atoms with Crippen LogP contribution in [0.4, 0.5) is 0 Å². The van der Waals surface area contributed by atoms with E-state index in [9.17, 15) is 4.79 Å². The maximum absolute atomic E-state index is 11.2. The third kappa shape index (κ3) is 1.92. The van der Waals surface area contributed by atoms with Gasteiger partial charge in [-0.25, -0.2) is 10.4 Å². The lowest BCUT2D eigenvalue weighted by Gasteiger charge is -2.18. The van der Waals surface area contributed by atoms with Gasteiger partial charge in [0.25, 0.3) is 0 Å². The summed E-state index contributed by atoms with van der Waals surface area (Å²) in [7, 11) is 0. The van der Waals surface area contributed by atoms with Crippen LogP contribution in [0.1, 0.15) is 18.9 Å². The van der Waals surface area contributed by atoms with E-state index in [-0.39, 0.29) is 11.8 Å². The van der Waals surface area contributed by atoms with E-state index in [2.05, 4.69) is 36.4 Å². The van der Waals surface area contributed by atoms with Gasteiger partial charge in [-0.3, -0.25) is 4.79 Å². The second-order valence-corrected chi connectivity index (χ2v) is 5.15. The number of halogens is 1. The molecule has 0 saturated carbocycles. The Morgan fingerprint density at radius 1 is 1.44 bits per heavy atom. The molecule has 0 spiro atoms. The molecule has 6 heteroatoms. The fraction of sp³-hybridized carbons (Fsp3) is 0.250. The summed E-state index contributed by atoms with van der Waals surface area (Å²) in [6, 6.07) is 5.92. The first kappa shape index (κ1) is 11.4. The maximum atomic E-state index is 11.2. The monoisotopic (exact) mass is 306 g/mol. The number of aromatic nitrogens is 2. The highest BCUT2D eigenvalue weighted by Gasteiger charge is 2.21. The Labute approximate surface area is 112 Å². The number of aromatic amines is 1. The van der Waals surface area contributed by atoms with E-state index in [4.69, 9.17) is 0 Å². The fourth-order valence-corrected chi connectivity index (χ4v) is 2.54. The van der Waals surface area contributed by atoms with Gasteiger partial charge in [-0.05, 0) is 28.1 Å². The van der Waals surface area contributed by atoms with Gasteiger partial charge in [-0.1, -0.05) is 13.0 Å². The minimum absolute atomic E-state index is 0.0309. The SMILES string of the molecule is CC1CC(=O)NN=C1c1ccc2nc(Br)[nH]c2c1. The number of fused-ring (bicyclic) bond motifs is 1. The van der Waals surface area contributed by atoms with Gasteiger partial charge >= 0.3 is 0 Å². The molecule has 1 aromatic heterocycles. The van der Waals surface area contributed by atoms with Crippen molar-refractivity contribution in [1.29, 1.82) is 0 Å². The molecule has 2 heterocycles. The largest absolute Gasteiger partial charge is 0.332 e. The number of hydrogen-bond acceptors (Lipinski definition) is 3. The molecule has 1 aliphatic rings. The molecule has 1 atom stereocenters. The number of hydrazone groups is 1. The normalized spacial score (nSPS) is 19.8. The number of imidazole rings is 1. The number of hydrogen-bond donors (Lipinski definition) is 2. The summed E-state index contributed by atoms with van der Waals surface area (Å²) in [6.45, 7) is 2.00. The lowest BCUT2D eigenvalue weighted by atomic mass is 9.94. The second kappa shape index (κ2) is 4.20. The van der Waals surface area contributed by atoms with Crippen LogP contribution < -0.4 is 5.43 Å². The molecule has 0 radical (unpaired) electrons. The summed E-state index contributed by atoms with van der Waals surface area (Å²) in [6.07, 6.45) is 0.476. The average Bonchev–Trinajstić information content (AvgIpc) is 2.68. The molecule has 1 unspecified atom stereocenters. The topological polar surface area (TPSA) is 70.1 Å². The molecule has 3 rings (SSSR count). The van der Waals surface area contributed by atoms with Crippen molar-refractivity contribution in [2.75, 3.05) is 0 Å². The van der Waals surface area contributed by atoms with Crippen molar-refractivity contribution in [3.63, 3.8) is 0 Å². The molecule has 2 N–H and O–H groups in total. The summed E-state index contributed by atoms with van der Waals surface area (Å²) in [5.74, 6) is 0.0965. The average molecular weight is 307 g/mol. The van der Waals surface area contributed by atoms with Crippen molar-refractivity contribution in [3.05, 3.63) is 28.5 Å². The fourth-order valence-electron chi connectivity index (χ4n) is 2.14. The molecule has 0 fully saturated rings. The van der Waals surface area contributed by atoms with E-state index in [1.165, 1.54) is 0 Å². The third-order valence-corrected chi connectivity index (χ3v) is 3.38. The van der Waals surface area contributed by atoms with Crippen LogP contribution in [0.3, 0.4) is 0 Å². The Kier molecular flexibility index (Phi) is 2.66. The van der Waals surface area contributed by atoms with Crippen LogP contribution in [0.2, 0.25) is 0 Å². The van der Waals surface area contributed by atoms with Gasteiger partial charge in [0, 0.05) is 17.9 Å². The van der Waals surface area contributed by atoms with E-state index in [1.807, 2.05) is 25.1 Å². The molecule has 0 saturated heterocycles. The van der Waals surface area contributed by atoms with E-state index < -0.39 is 0 Å². The minimum atomic E-state index is -0.0309. The van der Waals surface area contributed by atoms with Crippen molar-refractivity contribution < 1.29 is 4.79 Å². The molecule has 0 bridgehead atoms. The van der Waals surface area contributed by atoms with E-state index in [0.717, 1.165) is 22.3 Å². The predicted octanol–water partition coefficient (Wildman–Crippen LogP) is 2.19. The maximum Gasteiger partial charge on any atom is 0.240 e. The van der Waals surface area contributed by atoms with E-state index in [1.54, 1.807) is 0 Å². The molecule has 2 aromatic rings. The zero-order valence-electron chi connectivity index (χ0n) is 9.70. The highest BCUT2D eigenvalue weighted by Crippen LogP contribution is 2.21. The lowest BCUT2D eigenvalue weighted by Crippen LogP contribution is -2.31. The van der Waals surface area contributed by atoms with Gasteiger partial charge in [0.1, 0.15) is 0 Å². The molecular weight excluding hydrogens is 296 g/mol. The smallest absolute Gasteiger partial charge is 0.240 e. The zero-order chi connectivity index (χ0) is 12.7. The van der Waals surface area contributed by atoms with Crippen molar-refractivity contribution in [2.24, 2.45) is 11.0 Å². The number of carbonyl (C=O) groups is 1. The quantitative estimate of drug-likeness (QED) is 0.848. The van der Waals surface area contributed by atoms with Crippen LogP contribution >= 0.6 is 15.9 Å². The predicted molar refractivity (Wildman–Crippen MR) is 72.3 cm³/mol. The number of nitrogens with one attached hydrogen (secondary N) is 2. The summed E-state index contributed by atoms with van der Waals surface area (Å²) < 4.78 is 0.710. The first-order chi connectivity index (χ1) is 8.63. The number of H-pyrrole nitrogens is 1. The van der Waals surface area contributed by atoms with E-state index in [0.29, 0.717) is 11.2 Å². The minimum Gasteiger partial charge on any atom is -0.332 e. The van der Waals surface area contributed by atoms with Gasteiger partial charge < -0.3 is 4.98 Å².